The van der Waals surface area contributed by atoms with Crippen LogP contribution in [0, 0.1) is 0 Å². The normalized spacial score (nSPS) is 19.9. The molecule has 3 aliphatic heterocycles. The number of carbonyl (C=O) groups is 1. The predicted molar refractivity (Wildman–Crippen MR) is 114 cm³/mol. The fourth-order valence-corrected chi connectivity index (χ4v) is 4.78. The number of rotatable bonds is 5. The summed E-state index contributed by atoms with van der Waals surface area (Å²) in [5.41, 5.74) is 1.86. The molecule has 4 aromatic rings. The van der Waals surface area contributed by atoms with E-state index in [1.165, 1.54) is 30.0 Å². The molecule has 0 saturated carbocycles. The van der Waals surface area contributed by atoms with Crippen LogP contribution in [0.25, 0.3) is 21.7 Å². The van der Waals surface area contributed by atoms with E-state index in [0.717, 1.165) is 23.7 Å². The number of ether oxygens (including phenoxy) is 1. The van der Waals surface area contributed by atoms with Crippen molar-refractivity contribution in [1.29, 1.82) is 0 Å². The lowest BCUT2D eigenvalue weighted by atomic mass is 9.92. The first-order valence-electron chi connectivity index (χ1n) is 9.86. The largest absolute Gasteiger partial charge is 0.477 e. The first-order valence-corrected chi connectivity index (χ1v) is 10.7. The molecule has 10 heteroatoms. The number of fused-ring (bicyclic) bond motifs is 3. The molecule has 3 saturated heterocycles. The monoisotopic (exact) mass is 435 g/mol. The van der Waals surface area contributed by atoms with E-state index >= 15 is 0 Å². The van der Waals surface area contributed by atoms with Gasteiger partial charge in [0, 0.05) is 42.9 Å². The topological polar surface area (TPSA) is 114 Å². The minimum absolute atomic E-state index is 0.00580. The number of thiazole rings is 1. The number of carboxylic acids is 1. The van der Waals surface area contributed by atoms with Gasteiger partial charge in [-0.15, -0.1) is 11.3 Å². The highest BCUT2D eigenvalue weighted by Gasteiger charge is 2.38. The van der Waals surface area contributed by atoms with Gasteiger partial charge < -0.3 is 24.5 Å². The zero-order valence-electron chi connectivity index (χ0n) is 16.2. The summed E-state index contributed by atoms with van der Waals surface area (Å²) in [6, 6.07) is 8.04. The molecular weight excluding hydrogens is 418 g/mol. The number of aromatic carboxylic acids is 1. The van der Waals surface area contributed by atoms with Crippen molar-refractivity contribution in [2.24, 2.45) is 0 Å². The molecule has 6 heterocycles. The van der Waals surface area contributed by atoms with Crippen LogP contribution in [0.3, 0.4) is 0 Å². The Bertz CT molecular complexity index is 1270. The Kier molecular flexibility index (Phi) is 4.15. The van der Waals surface area contributed by atoms with Gasteiger partial charge in [0.1, 0.15) is 10.6 Å². The van der Waals surface area contributed by atoms with E-state index in [-0.39, 0.29) is 11.4 Å². The molecule has 3 aliphatic rings. The number of benzene rings is 1. The van der Waals surface area contributed by atoms with E-state index in [1.807, 2.05) is 11.4 Å². The Morgan fingerprint density at radius 3 is 2.81 bits per heavy atom. The SMILES string of the molecule is O=C(O)c1cccnc1Oc1ccc(-c2nccs2)c2oc(N3CC4CC(C3)N4)nc12. The molecule has 2 atom stereocenters. The summed E-state index contributed by atoms with van der Waals surface area (Å²) in [5.74, 6) is -0.724. The first kappa shape index (κ1) is 18.3. The number of pyridine rings is 1. The van der Waals surface area contributed by atoms with Crippen molar-refractivity contribution in [3.05, 3.63) is 47.6 Å². The second kappa shape index (κ2) is 7.03. The number of piperidine rings is 1. The van der Waals surface area contributed by atoms with Gasteiger partial charge in [0.25, 0.3) is 6.01 Å². The summed E-state index contributed by atoms with van der Waals surface area (Å²) < 4.78 is 12.1. The molecule has 31 heavy (non-hydrogen) atoms. The molecular formula is C21H17N5O4S. The number of nitrogens with zero attached hydrogens (tertiary/aromatic N) is 4. The Morgan fingerprint density at radius 1 is 1.23 bits per heavy atom. The minimum atomic E-state index is -1.11. The van der Waals surface area contributed by atoms with Crippen molar-refractivity contribution in [3.63, 3.8) is 0 Å². The lowest BCUT2D eigenvalue weighted by Crippen LogP contribution is -2.67. The van der Waals surface area contributed by atoms with Gasteiger partial charge in [0.05, 0.1) is 5.56 Å². The third kappa shape index (κ3) is 3.11. The van der Waals surface area contributed by atoms with E-state index in [2.05, 4.69) is 20.2 Å². The Balaban J connectivity index is 1.46. The molecule has 2 bridgehead atoms. The predicted octanol–water partition coefficient (Wildman–Crippen LogP) is 3.39. The molecule has 156 valence electrons. The number of hydrogen-bond acceptors (Lipinski definition) is 9. The van der Waals surface area contributed by atoms with Gasteiger partial charge in [0.2, 0.25) is 5.88 Å². The van der Waals surface area contributed by atoms with Gasteiger partial charge in [-0.3, -0.25) is 0 Å². The second-order valence-corrected chi connectivity index (χ2v) is 8.48. The summed E-state index contributed by atoms with van der Waals surface area (Å²) in [6.45, 7) is 1.66. The molecule has 3 aromatic heterocycles. The third-order valence-electron chi connectivity index (χ3n) is 5.56. The molecule has 0 amide bonds. The van der Waals surface area contributed by atoms with E-state index in [4.69, 9.17) is 14.1 Å². The average Bonchev–Trinajstić information content (AvgIpc) is 3.44. The van der Waals surface area contributed by atoms with Gasteiger partial charge in [-0.05, 0) is 30.7 Å². The Labute approximate surface area is 180 Å². The number of hydrogen-bond donors (Lipinski definition) is 2. The van der Waals surface area contributed by atoms with Crippen LogP contribution in [-0.2, 0) is 0 Å². The highest BCUT2D eigenvalue weighted by Crippen LogP contribution is 2.40. The van der Waals surface area contributed by atoms with Crippen LogP contribution in [0.2, 0.25) is 0 Å². The van der Waals surface area contributed by atoms with Crippen molar-refractivity contribution >= 4 is 34.4 Å². The molecule has 3 fully saturated rings. The molecule has 0 radical (unpaired) electrons. The molecule has 7 rings (SSSR count). The van der Waals surface area contributed by atoms with Crippen molar-refractivity contribution in [2.75, 3.05) is 18.0 Å². The van der Waals surface area contributed by atoms with Crippen LogP contribution in [0.4, 0.5) is 6.01 Å². The van der Waals surface area contributed by atoms with Crippen LogP contribution < -0.4 is 15.0 Å². The van der Waals surface area contributed by atoms with Gasteiger partial charge in [0.15, 0.2) is 16.8 Å². The minimum Gasteiger partial charge on any atom is -0.477 e. The number of aromatic nitrogens is 3. The molecule has 9 nitrogen and oxygen atoms in total. The van der Waals surface area contributed by atoms with Gasteiger partial charge in [-0.2, -0.15) is 4.98 Å². The summed E-state index contributed by atoms with van der Waals surface area (Å²) in [5, 5.41) is 15.7. The summed E-state index contributed by atoms with van der Waals surface area (Å²) in [6.07, 6.45) is 4.40. The van der Waals surface area contributed by atoms with E-state index in [1.54, 1.807) is 18.3 Å². The maximum Gasteiger partial charge on any atom is 0.341 e. The lowest BCUT2D eigenvalue weighted by Gasteiger charge is -2.47. The fourth-order valence-electron chi connectivity index (χ4n) is 4.12. The first-order chi connectivity index (χ1) is 15.2. The quantitative estimate of drug-likeness (QED) is 0.487. The number of anilines is 1. The maximum absolute atomic E-state index is 11.6. The zero-order valence-corrected chi connectivity index (χ0v) is 17.0. The molecule has 0 aliphatic carbocycles. The van der Waals surface area contributed by atoms with Gasteiger partial charge in [-0.1, -0.05) is 0 Å². The van der Waals surface area contributed by atoms with Crippen molar-refractivity contribution in [3.8, 4) is 22.2 Å². The Hall–Kier alpha value is -3.50. The maximum atomic E-state index is 11.6. The second-order valence-electron chi connectivity index (χ2n) is 7.59. The van der Waals surface area contributed by atoms with E-state index in [9.17, 15) is 9.90 Å². The van der Waals surface area contributed by atoms with Gasteiger partial charge in [-0.25, -0.2) is 14.8 Å². The fraction of sp³-hybridized carbons (Fsp3) is 0.238. The summed E-state index contributed by atoms with van der Waals surface area (Å²) >= 11 is 1.51. The standard InChI is InChI=1S/C21H17N5O4S/c27-20(28)14-2-1-5-22-18(14)29-15-4-3-13(19-23-6-7-31-19)17-16(15)25-21(30-17)26-9-11-8-12(10-26)24-11/h1-7,11-12,24H,8-10H2,(H,27,28). The van der Waals surface area contributed by atoms with E-state index < -0.39 is 5.97 Å². The molecule has 2 N–H and O–H groups in total. The van der Waals surface area contributed by atoms with Crippen LogP contribution in [0.5, 0.6) is 11.6 Å². The van der Waals surface area contributed by atoms with Crippen LogP contribution in [0.15, 0.2) is 46.5 Å². The lowest BCUT2D eigenvalue weighted by molar-refractivity contribution is 0.0693. The number of nitrogens with one attached hydrogen (secondary N) is 1. The average molecular weight is 435 g/mol. The highest BCUT2D eigenvalue weighted by molar-refractivity contribution is 7.13. The zero-order chi connectivity index (χ0) is 20.9. The molecule has 2 unspecified atom stereocenters. The highest BCUT2D eigenvalue weighted by atomic mass is 32.1. The van der Waals surface area contributed by atoms with Crippen molar-refractivity contribution in [2.45, 2.75) is 18.5 Å². The number of piperazine rings is 1. The number of oxazole rings is 1. The van der Waals surface area contributed by atoms with Crippen LogP contribution >= 0.6 is 11.3 Å². The van der Waals surface area contributed by atoms with Crippen molar-refractivity contribution < 1.29 is 19.1 Å². The number of carboxylic acid groups (broad SMARTS) is 1. The van der Waals surface area contributed by atoms with E-state index in [0.29, 0.717) is 34.9 Å². The van der Waals surface area contributed by atoms with Crippen LogP contribution in [0.1, 0.15) is 16.8 Å². The summed E-state index contributed by atoms with van der Waals surface area (Å²) in [4.78, 5) is 26.9. The molecule has 0 spiro atoms. The van der Waals surface area contributed by atoms with Crippen LogP contribution in [-0.4, -0.2) is 51.2 Å². The van der Waals surface area contributed by atoms with Gasteiger partial charge >= 0.3 is 5.97 Å². The Morgan fingerprint density at radius 2 is 2.06 bits per heavy atom. The summed E-state index contributed by atoms with van der Waals surface area (Å²) in [7, 11) is 0. The van der Waals surface area contributed by atoms with Crippen molar-refractivity contribution in [1.82, 2.24) is 20.3 Å². The molecule has 1 aromatic carbocycles. The third-order valence-corrected chi connectivity index (χ3v) is 6.37. The smallest absolute Gasteiger partial charge is 0.341 e.